The Kier molecular flexibility index (Phi) is 5.43. The van der Waals surface area contributed by atoms with Crippen LogP contribution in [-0.4, -0.2) is 19.8 Å². The molecule has 0 amide bonds. The fourth-order valence-electron chi connectivity index (χ4n) is 1.76. The molecule has 2 aromatic rings. The topological polar surface area (TPSA) is 37.4 Å². The van der Waals surface area contributed by atoms with Crippen LogP contribution in [0.3, 0.4) is 0 Å². The van der Waals surface area contributed by atoms with Gasteiger partial charge in [0, 0.05) is 19.2 Å². The molecule has 1 heterocycles. The number of halogens is 3. The van der Waals surface area contributed by atoms with Gasteiger partial charge in [0.2, 0.25) is 10.0 Å². The average molecular weight is 413 g/mol. The molecule has 114 valence electrons. The van der Waals surface area contributed by atoms with E-state index in [0.29, 0.717) is 0 Å². The molecule has 1 aromatic heterocycles. The predicted octanol–water partition coefficient (Wildman–Crippen LogP) is 4.21. The minimum atomic E-state index is -3.68. The van der Waals surface area contributed by atoms with Gasteiger partial charge in [-0.05, 0) is 51.1 Å². The van der Waals surface area contributed by atoms with E-state index in [9.17, 15) is 12.8 Å². The van der Waals surface area contributed by atoms with Crippen LogP contribution in [-0.2, 0) is 22.4 Å². The summed E-state index contributed by atoms with van der Waals surface area (Å²) in [6.07, 6.45) is 0. The lowest BCUT2D eigenvalue weighted by Crippen LogP contribution is -2.26. The van der Waals surface area contributed by atoms with Crippen LogP contribution in [0.2, 0.25) is 0 Å². The summed E-state index contributed by atoms with van der Waals surface area (Å²) in [4.78, 5) is 0.0383. The summed E-state index contributed by atoms with van der Waals surface area (Å²) in [6, 6.07) is 5.52. The molecule has 0 aliphatic heterocycles. The van der Waals surface area contributed by atoms with Crippen molar-refractivity contribution in [3.8, 4) is 0 Å². The van der Waals surface area contributed by atoms with Gasteiger partial charge in [0.15, 0.2) is 0 Å². The monoisotopic (exact) mass is 411 g/mol. The van der Waals surface area contributed by atoms with E-state index in [1.54, 1.807) is 0 Å². The molecule has 2 rings (SSSR count). The van der Waals surface area contributed by atoms with E-state index < -0.39 is 15.8 Å². The van der Waals surface area contributed by atoms with Gasteiger partial charge in [0.25, 0.3) is 0 Å². The van der Waals surface area contributed by atoms with Gasteiger partial charge in [-0.1, -0.05) is 0 Å². The van der Waals surface area contributed by atoms with Gasteiger partial charge < -0.3 is 0 Å². The number of thiophene rings is 1. The molecule has 0 N–H and O–H groups in total. The van der Waals surface area contributed by atoms with Gasteiger partial charge >= 0.3 is 0 Å². The Balaban J connectivity index is 2.28. The highest BCUT2D eigenvalue weighted by atomic mass is 79.9. The summed E-state index contributed by atoms with van der Waals surface area (Å²) in [6.45, 7) is 0.248. The molecule has 0 saturated carbocycles. The zero-order valence-corrected chi connectivity index (χ0v) is 15.0. The minimum absolute atomic E-state index is 0.0383. The van der Waals surface area contributed by atoms with Crippen molar-refractivity contribution in [3.63, 3.8) is 0 Å². The van der Waals surface area contributed by atoms with Gasteiger partial charge in [0.1, 0.15) is 5.82 Å². The molecule has 0 saturated heterocycles. The summed E-state index contributed by atoms with van der Waals surface area (Å²) >= 11 is 10.4. The van der Waals surface area contributed by atoms with Gasteiger partial charge in [0.05, 0.1) is 14.6 Å². The fourth-order valence-corrected chi connectivity index (χ4v) is 4.38. The maximum atomic E-state index is 13.4. The lowest BCUT2D eigenvalue weighted by atomic mass is 10.2. The molecule has 0 spiro atoms. The molecule has 1 aromatic carbocycles. The lowest BCUT2D eigenvalue weighted by molar-refractivity contribution is 0.467. The molecule has 21 heavy (non-hydrogen) atoms. The second-order valence-corrected chi connectivity index (χ2v) is 9.01. The van der Waals surface area contributed by atoms with Crippen molar-refractivity contribution in [3.05, 3.63) is 50.4 Å². The van der Waals surface area contributed by atoms with E-state index in [4.69, 9.17) is 11.6 Å². The van der Waals surface area contributed by atoms with Crippen molar-refractivity contribution in [1.82, 2.24) is 4.31 Å². The molecule has 0 atom stereocenters. The summed E-state index contributed by atoms with van der Waals surface area (Å²) in [5.74, 6) is -0.579. The first-order valence-corrected chi connectivity index (χ1v) is 9.53. The molecule has 0 radical (unpaired) electrons. The van der Waals surface area contributed by atoms with Gasteiger partial charge in [-0.2, -0.15) is 4.31 Å². The highest BCUT2D eigenvalue weighted by Crippen LogP contribution is 2.24. The SMILES string of the molecule is CN(Cc1csc(Br)c1)S(=O)(=O)c1ccc(F)c(CCl)c1. The smallest absolute Gasteiger partial charge is 0.207 e. The molecule has 8 heteroatoms. The third-order valence-corrected chi connectivity index (χ3v) is 6.54. The van der Waals surface area contributed by atoms with Crippen LogP contribution in [0.25, 0.3) is 0 Å². The second-order valence-electron chi connectivity index (χ2n) is 4.41. The number of hydrogen-bond donors (Lipinski definition) is 0. The van der Waals surface area contributed by atoms with E-state index in [0.717, 1.165) is 15.4 Å². The third-order valence-electron chi connectivity index (χ3n) is 2.90. The van der Waals surface area contributed by atoms with E-state index in [1.165, 1.54) is 34.8 Å². The van der Waals surface area contributed by atoms with Crippen LogP contribution < -0.4 is 0 Å². The van der Waals surface area contributed by atoms with Crippen LogP contribution in [0.5, 0.6) is 0 Å². The number of alkyl halides is 1. The normalized spacial score (nSPS) is 12.0. The van der Waals surface area contributed by atoms with Crippen LogP contribution in [0.1, 0.15) is 11.1 Å². The van der Waals surface area contributed by atoms with E-state index in [2.05, 4.69) is 15.9 Å². The molecule has 0 fully saturated rings. The Morgan fingerprint density at radius 3 is 2.67 bits per heavy atom. The van der Waals surface area contributed by atoms with Crippen molar-refractivity contribution in [2.75, 3.05) is 7.05 Å². The van der Waals surface area contributed by atoms with Crippen LogP contribution in [0.4, 0.5) is 4.39 Å². The van der Waals surface area contributed by atoms with E-state index in [-0.39, 0.29) is 22.9 Å². The Morgan fingerprint density at radius 1 is 1.38 bits per heavy atom. The first-order chi connectivity index (χ1) is 9.84. The van der Waals surface area contributed by atoms with Crippen molar-refractivity contribution in [2.45, 2.75) is 17.3 Å². The summed E-state index contributed by atoms with van der Waals surface area (Å²) < 4.78 is 40.5. The van der Waals surface area contributed by atoms with E-state index >= 15 is 0 Å². The molecule has 0 aliphatic rings. The van der Waals surface area contributed by atoms with Crippen molar-refractivity contribution >= 4 is 48.9 Å². The van der Waals surface area contributed by atoms with Gasteiger partial charge in [-0.3, -0.25) is 0 Å². The number of rotatable bonds is 5. The highest BCUT2D eigenvalue weighted by Gasteiger charge is 2.22. The molecule has 0 aliphatic carbocycles. The first-order valence-electron chi connectivity index (χ1n) is 5.88. The Hall–Kier alpha value is -0.470. The maximum absolute atomic E-state index is 13.4. The largest absolute Gasteiger partial charge is 0.243 e. The van der Waals surface area contributed by atoms with E-state index in [1.807, 2.05) is 11.4 Å². The number of nitrogens with zero attached hydrogens (tertiary/aromatic N) is 1. The van der Waals surface area contributed by atoms with Crippen molar-refractivity contribution < 1.29 is 12.8 Å². The first kappa shape index (κ1) is 16.9. The van der Waals surface area contributed by atoms with Crippen LogP contribution in [0, 0.1) is 5.82 Å². The predicted molar refractivity (Wildman–Crippen MR) is 86.6 cm³/mol. The fraction of sp³-hybridized carbons (Fsp3) is 0.231. The zero-order valence-electron chi connectivity index (χ0n) is 11.0. The summed E-state index contributed by atoms with van der Waals surface area (Å²) in [5.41, 5.74) is 1.06. The van der Waals surface area contributed by atoms with Crippen molar-refractivity contribution in [2.24, 2.45) is 0 Å². The standard InChI is InChI=1S/C13H12BrClFNO2S2/c1-17(7-9-4-13(14)20-8-9)21(18,19)11-2-3-12(16)10(5-11)6-15/h2-5,8H,6-7H2,1H3. The van der Waals surface area contributed by atoms with Gasteiger partial charge in [-0.25, -0.2) is 12.8 Å². The third kappa shape index (κ3) is 3.84. The Morgan fingerprint density at radius 2 is 2.10 bits per heavy atom. The molecule has 0 bridgehead atoms. The quantitative estimate of drug-likeness (QED) is 0.690. The average Bonchev–Trinajstić information content (AvgIpc) is 2.84. The zero-order chi connectivity index (χ0) is 15.6. The van der Waals surface area contributed by atoms with Gasteiger partial charge in [-0.15, -0.1) is 22.9 Å². The summed E-state index contributed by atoms with van der Waals surface area (Å²) in [7, 11) is -2.19. The van der Waals surface area contributed by atoms with Crippen molar-refractivity contribution in [1.29, 1.82) is 0 Å². The minimum Gasteiger partial charge on any atom is -0.207 e. The number of hydrogen-bond acceptors (Lipinski definition) is 3. The molecular weight excluding hydrogens is 401 g/mol. The highest BCUT2D eigenvalue weighted by molar-refractivity contribution is 9.11. The van der Waals surface area contributed by atoms with Crippen LogP contribution >= 0.6 is 38.9 Å². The maximum Gasteiger partial charge on any atom is 0.243 e. The second kappa shape index (κ2) is 6.75. The number of sulfonamides is 1. The molecular formula is C13H12BrClFNO2S2. The Bertz CT molecular complexity index is 748. The Labute approximate surface area is 140 Å². The molecule has 0 unspecified atom stereocenters. The lowest BCUT2D eigenvalue weighted by Gasteiger charge is -2.17. The molecule has 3 nitrogen and oxygen atoms in total. The van der Waals surface area contributed by atoms with Crippen LogP contribution in [0.15, 0.2) is 38.3 Å². The summed E-state index contributed by atoms with van der Waals surface area (Å²) in [5, 5.41) is 1.88. The number of benzene rings is 1.